The number of carbonyl (C=O) groups is 2. The van der Waals surface area contributed by atoms with Crippen LogP contribution in [-0.4, -0.2) is 28.3 Å². The molecule has 0 radical (unpaired) electrons. The van der Waals surface area contributed by atoms with E-state index in [0.717, 1.165) is 16.6 Å². The van der Waals surface area contributed by atoms with Gasteiger partial charge in [-0.25, -0.2) is 4.98 Å². The predicted octanol–water partition coefficient (Wildman–Crippen LogP) is 3.13. The van der Waals surface area contributed by atoms with Crippen molar-refractivity contribution in [1.82, 2.24) is 20.6 Å². The molecule has 0 aliphatic heterocycles. The summed E-state index contributed by atoms with van der Waals surface area (Å²) in [6, 6.07) is 17.4. The van der Waals surface area contributed by atoms with Crippen LogP contribution < -0.4 is 10.6 Å². The van der Waals surface area contributed by atoms with Gasteiger partial charge in [0.1, 0.15) is 5.82 Å². The summed E-state index contributed by atoms with van der Waals surface area (Å²) in [5.74, 6) is 0.283. The van der Waals surface area contributed by atoms with E-state index in [1.54, 1.807) is 0 Å². The Morgan fingerprint density at radius 2 is 1.71 bits per heavy atom. The van der Waals surface area contributed by atoms with Crippen LogP contribution in [0.4, 0.5) is 0 Å². The number of H-pyrrole nitrogens is 1. The van der Waals surface area contributed by atoms with Gasteiger partial charge in [0.25, 0.3) is 0 Å². The Labute approximate surface area is 164 Å². The van der Waals surface area contributed by atoms with Crippen LogP contribution in [0.15, 0.2) is 54.6 Å². The molecule has 0 aliphatic rings. The second-order valence-corrected chi connectivity index (χ2v) is 7.88. The number of carbonyl (C=O) groups excluding carboxylic acids is 2. The lowest BCUT2D eigenvalue weighted by atomic mass is 9.96. The van der Waals surface area contributed by atoms with Gasteiger partial charge in [-0.3, -0.25) is 9.59 Å². The summed E-state index contributed by atoms with van der Waals surface area (Å²) < 4.78 is 0. The van der Waals surface area contributed by atoms with Gasteiger partial charge in [-0.1, -0.05) is 63.2 Å². The summed E-state index contributed by atoms with van der Waals surface area (Å²) in [6.07, 6.45) is 0.597. The minimum Gasteiger partial charge on any atom is -0.347 e. The molecule has 1 heterocycles. The van der Waals surface area contributed by atoms with Gasteiger partial charge < -0.3 is 15.6 Å². The maximum Gasteiger partial charge on any atom is 0.239 e. The average molecular weight is 378 g/mol. The zero-order valence-corrected chi connectivity index (χ0v) is 16.5. The molecule has 3 rings (SSSR count). The molecule has 6 nitrogen and oxygen atoms in total. The maximum atomic E-state index is 12.5. The molecule has 2 aromatic carbocycles. The summed E-state index contributed by atoms with van der Waals surface area (Å²) in [5.41, 5.74) is 2.33. The highest BCUT2D eigenvalue weighted by molar-refractivity contribution is 5.87. The third-order valence-electron chi connectivity index (χ3n) is 4.45. The monoisotopic (exact) mass is 378 g/mol. The van der Waals surface area contributed by atoms with Crippen LogP contribution in [0.25, 0.3) is 11.0 Å². The second kappa shape index (κ2) is 8.25. The number of amides is 2. The minimum absolute atomic E-state index is 0.0678. The number of nitrogens with zero attached hydrogens (tertiary/aromatic N) is 1. The first kappa shape index (κ1) is 19.6. The van der Waals surface area contributed by atoms with E-state index < -0.39 is 5.41 Å². The van der Waals surface area contributed by atoms with Crippen molar-refractivity contribution in [2.75, 3.05) is 6.54 Å². The summed E-state index contributed by atoms with van der Waals surface area (Å²) in [5, 5.41) is 5.69. The van der Waals surface area contributed by atoms with Gasteiger partial charge in [0.05, 0.1) is 23.6 Å². The molecule has 0 spiro atoms. The van der Waals surface area contributed by atoms with Gasteiger partial charge in [-0.05, 0) is 24.1 Å². The normalized spacial score (nSPS) is 12.5. The molecule has 3 N–H and O–H groups in total. The molecule has 28 heavy (non-hydrogen) atoms. The Kier molecular flexibility index (Phi) is 5.78. The van der Waals surface area contributed by atoms with Gasteiger partial charge in [0, 0.05) is 5.41 Å². The van der Waals surface area contributed by atoms with Gasteiger partial charge >= 0.3 is 0 Å². The first-order valence-electron chi connectivity index (χ1n) is 9.39. The molecule has 146 valence electrons. The Hall–Kier alpha value is -3.15. The molecule has 0 fully saturated rings. The zero-order valence-electron chi connectivity index (χ0n) is 16.5. The van der Waals surface area contributed by atoms with Crippen molar-refractivity contribution in [3.05, 3.63) is 66.0 Å². The van der Waals surface area contributed by atoms with E-state index in [9.17, 15) is 9.59 Å². The van der Waals surface area contributed by atoms with Crippen molar-refractivity contribution in [3.63, 3.8) is 0 Å². The number of imidazole rings is 1. The lowest BCUT2D eigenvalue weighted by Crippen LogP contribution is -2.43. The van der Waals surface area contributed by atoms with Crippen LogP contribution in [0.1, 0.15) is 38.2 Å². The van der Waals surface area contributed by atoms with Gasteiger partial charge in [-0.2, -0.15) is 0 Å². The average Bonchev–Trinajstić information content (AvgIpc) is 3.10. The fraction of sp³-hybridized carbons (Fsp3) is 0.318. The highest BCUT2D eigenvalue weighted by Crippen LogP contribution is 2.20. The Morgan fingerprint density at radius 3 is 2.39 bits per heavy atom. The number of benzene rings is 2. The van der Waals surface area contributed by atoms with Crippen molar-refractivity contribution < 1.29 is 9.59 Å². The van der Waals surface area contributed by atoms with E-state index in [-0.39, 0.29) is 24.4 Å². The lowest BCUT2D eigenvalue weighted by Gasteiger charge is -2.20. The fourth-order valence-electron chi connectivity index (χ4n) is 2.87. The molecule has 2 amide bonds. The molecule has 6 heteroatoms. The number of hydrogen-bond donors (Lipinski definition) is 3. The number of aromatic amines is 1. The van der Waals surface area contributed by atoms with Crippen LogP contribution >= 0.6 is 0 Å². The molecule has 1 atom stereocenters. The molecule has 1 aromatic heterocycles. The van der Waals surface area contributed by atoms with Crippen molar-refractivity contribution in [1.29, 1.82) is 0 Å². The predicted molar refractivity (Wildman–Crippen MR) is 110 cm³/mol. The third-order valence-corrected chi connectivity index (χ3v) is 4.45. The molecular weight excluding hydrogens is 352 g/mol. The van der Waals surface area contributed by atoms with Gasteiger partial charge in [-0.15, -0.1) is 0 Å². The topological polar surface area (TPSA) is 86.9 Å². The SMILES string of the molecule is CC(C)(C)C(=O)NCC(=O)N[C@H](Cc1ccccc1)c1nc2ccccc2[nH]1. The number of para-hydroxylation sites is 2. The minimum atomic E-state index is -0.539. The molecule has 0 aliphatic carbocycles. The van der Waals surface area contributed by atoms with Crippen molar-refractivity contribution in [2.24, 2.45) is 5.41 Å². The van der Waals surface area contributed by atoms with E-state index in [1.807, 2.05) is 75.4 Å². The van der Waals surface area contributed by atoms with Gasteiger partial charge in [0.2, 0.25) is 11.8 Å². The van der Waals surface area contributed by atoms with Crippen molar-refractivity contribution >= 4 is 22.8 Å². The summed E-state index contributed by atoms with van der Waals surface area (Å²) >= 11 is 0. The quantitative estimate of drug-likeness (QED) is 0.616. The smallest absolute Gasteiger partial charge is 0.239 e. The molecular formula is C22H26N4O2. The van der Waals surface area contributed by atoms with E-state index in [4.69, 9.17) is 0 Å². The number of nitrogens with one attached hydrogen (secondary N) is 3. The summed E-state index contributed by atoms with van der Waals surface area (Å²) in [6.45, 7) is 5.37. The highest BCUT2D eigenvalue weighted by Gasteiger charge is 2.23. The van der Waals surface area contributed by atoms with Crippen LogP contribution in [-0.2, 0) is 16.0 Å². The van der Waals surface area contributed by atoms with Crippen molar-refractivity contribution in [2.45, 2.75) is 33.2 Å². The summed E-state index contributed by atoms with van der Waals surface area (Å²) in [4.78, 5) is 32.5. The summed E-state index contributed by atoms with van der Waals surface area (Å²) in [7, 11) is 0. The maximum absolute atomic E-state index is 12.5. The van der Waals surface area contributed by atoms with Crippen molar-refractivity contribution in [3.8, 4) is 0 Å². The fourth-order valence-corrected chi connectivity index (χ4v) is 2.87. The molecule has 0 saturated carbocycles. The first-order valence-corrected chi connectivity index (χ1v) is 9.39. The standard InChI is InChI=1S/C22H26N4O2/c1-22(2,3)21(28)23-14-19(27)24-18(13-15-9-5-4-6-10-15)20-25-16-11-7-8-12-17(16)26-20/h4-12,18H,13-14H2,1-3H3,(H,23,28)(H,24,27)(H,25,26)/t18-/m1/s1. The zero-order chi connectivity index (χ0) is 20.1. The lowest BCUT2D eigenvalue weighted by molar-refractivity contribution is -0.131. The highest BCUT2D eigenvalue weighted by atomic mass is 16.2. The van der Waals surface area contributed by atoms with E-state index in [0.29, 0.717) is 12.2 Å². The first-order chi connectivity index (χ1) is 13.3. The van der Waals surface area contributed by atoms with E-state index in [1.165, 1.54) is 0 Å². The number of aromatic nitrogens is 2. The Morgan fingerprint density at radius 1 is 1.04 bits per heavy atom. The molecule has 0 bridgehead atoms. The number of rotatable bonds is 6. The van der Waals surface area contributed by atoms with Crippen LogP contribution in [0.3, 0.4) is 0 Å². The largest absolute Gasteiger partial charge is 0.347 e. The number of hydrogen-bond acceptors (Lipinski definition) is 3. The Bertz CT molecular complexity index is 924. The van der Waals surface area contributed by atoms with E-state index in [2.05, 4.69) is 20.6 Å². The van der Waals surface area contributed by atoms with Crippen LogP contribution in [0.2, 0.25) is 0 Å². The van der Waals surface area contributed by atoms with Crippen LogP contribution in [0, 0.1) is 5.41 Å². The second-order valence-electron chi connectivity index (χ2n) is 7.88. The number of fused-ring (bicyclic) bond motifs is 1. The van der Waals surface area contributed by atoms with E-state index >= 15 is 0 Å². The van der Waals surface area contributed by atoms with Crippen LogP contribution in [0.5, 0.6) is 0 Å². The van der Waals surface area contributed by atoms with Gasteiger partial charge in [0.15, 0.2) is 0 Å². The molecule has 0 unspecified atom stereocenters. The Balaban J connectivity index is 1.76. The third kappa shape index (κ3) is 4.97. The molecule has 3 aromatic rings. The molecule has 0 saturated heterocycles.